The van der Waals surface area contributed by atoms with Gasteiger partial charge >= 0.3 is 0 Å². The first-order chi connectivity index (χ1) is 9.11. The van der Waals surface area contributed by atoms with Crippen LogP contribution in [0, 0.1) is 0 Å². The standard InChI is InChI=1S/C13H7BrCl2N2S/c14-9-3-1-7(15)5-10(9)17-13-18-11-6-8(16)2-4-12(11)19-13/h1-6H,(H,17,18). The molecule has 0 radical (unpaired) electrons. The number of rotatable bonds is 2. The highest BCUT2D eigenvalue weighted by atomic mass is 79.9. The lowest BCUT2D eigenvalue weighted by atomic mass is 10.3. The minimum Gasteiger partial charge on any atom is -0.331 e. The van der Waals surface area contributed by atoms with Crippen LogP contribution < -0.4 is 5.32 Å². The van der Waals surface area contributed by atoms with Crippen LogP contribution in [-0.4, -0.2) is 4.98 Å². The lowest BCUT2D eigenvalue weighted by molar-refractivity contribution is 1.43. The molecule has 0 aliphatic heterocycles. The molecule has 0 amide bonds. The summed E-state index contributed by atoms with van der Waals surface area (Å²) in [7, 11) is 0. The largest absolute Gasteiger partial charge is 0.331 e. The molecule has 2 nitrogen and oxygen atoms in total. The van der Waals surface area contributed by atoms with Crippen molar-refractivity contribution in [1.82, 2.24) is 4.98 Å². The van der Waals surface area contributed by atoms with Crippen molar-refractivity contribution in [3.05, 3.63) is 50.9 Å². The van der Waals surface area contributed by atoms with Gasteiger partial charge in [0.1, 0.15) is 0 Å². The molecular weight excluding hydrogens is 367 g/mol. The molecule has 1 heterocycles. The van der Waals surface area contributed by atoms with Crippen LogP contribution in [0.4, 0.5) is 10.8 Å². The van der Waals surface area contributed by atoms with E-state index in [0.29, 0.717) is 10.0 Å². The SMILES string of the molecule is Clc1ccc(Br)c(Nc2nc3cc(Cl)ccc3s2)c1. The Kier molecular flexibility index (Phi) is 3.67. The minimum absolute atomic E-state index is 0.676. The first-order valence-corrected chi connectivity index (χ1v) is 7.76. The van der Waals surface area contributed by atoms with E-state index < -0.39 is 0 Å². The monoisotopic (exact) mass is 372 g/mol. The van der Waals surface area contributed by atoms with Crippen LogP contribution in [0.2, 0.25) is 10.0 Å². The highest BCUT2D eigenvalue weighted by Gasteiger charge is 2.07. The average Bonchev–Trinajstić information content (AvgIpc) is 2.75. The molecule has 0 spiro atoms. The van der Waals surface area contributed by atoms with Gasteiger partial charge in [0.2, 0.25) is 0 Å². The molecular formula is C13H7BrCl2N2S. The zero-order chi connectivity index (χ0) is 13.4. The van der Waals surface area contributed by atoms with Crippen LogP contribution in [0.3, 0.4) is 0 Å². The zero-order valence-corrected chi connectivity index (χ0v) is 13.4. The van der Waals surface area contributed by atoms with Crippen molar-refractivity contribution in [2.45, 2.75) is 0 Å². The van der Waals surface area contributed by atoms with Crippen LogP contribution >= 0.6 is 50.5 Å². The Morgan fingerprint density at radius 3 is 2.63 bits per heavy atom. The van der Waals surface area contributed by atoms with Gasteiger partial charge in [-0.25, -0.2) is 4.98 Å². The van der Waals surface area contributed by atoms with Crippen molar-refractivity contribution >= 4 is 71.5 Å². The second kappa shape index (κ2) is 5.29. The fourth-order valence-electron chi connectivity index (χ4n) is 1.66. The molecule has 0 unspecified atom stereocenters. The summed E-state index contributed by atoms with van der Waals surface area (Å²) in [4.78, 5) is 4.50. The number of hydrogen-bond donors (Lipinski definition) is 1. The fraction of sp³-hybridized carbons (Fsp3) is 0. The molecule has 0 fully saturated rings. The summed E-state index contributed by atoms with van der Waals surface area (Å²) >= 11 is 17.0. The topological polar surface area (TPSA) is 24.9 Å². The second-order valence-electron chi connectivity index (χ2n) is 3.88. The number of hydrogen-bond acceptors (Lipinski definition) is 3. The highest BCUT2D eigenvalue weighted by Crippen LogP contribution is 2.33. The summed E-state index contributed by atoms with van der Waals surface area (Å²) in [6.07, 6.45) is 0. The van der Waals surface area contributed by atoms with Crippen LogP contribution in [0.15, 0.2) is 40.9 Å². The Balaban J connectivity index is 1.98. The van der Waals surface area contributed by atoms with Crippen LogP contribution in [0.25, 0.3) is 10.2 Å². The van der Waals surface area contributed by atoms with Crippen molar-refractivity contribution < 1.29 is 0 Å². The Bertz CT molecular complexity index is 757. The first kappa shape index (κ1) is 13.2. The quantitative estimate of drug-likeness (QED) is 0.586. The van der Waals surface area contributed by atoms with E-state index in [2.05, 4.69) is 26.2 Å². The molecule has 0 saturated heterocycles. The lowest BCUT2D eigenvalue weighted by Gasteiger charge is -2.05. The van der Waals surface area contributed by atoms with Crippen molar-refractivity contribution in [3.8, 4) is 0 Å². The molecule has 0 bridgehead atoms. The molecule has 3 rings (SSSR count). The van der Waals surface area contributed by atoms with Gasteiger partial charge in [-0.2, -0.15) is 0 Å². The molecule has 6 heteroatoms. The maximum Gasteiger partial charge on any atom is 0.188 e. The van der Waals surface area contributed by atoms with Crippen molar-refractivity contribution in [1.29, 1.82) is 0 Å². The summed E-state index contributed by atoms with van der Waals surface area (Å²) < 4.78 is 2.03. The normalized spacial score (nSPS) is 10.9. The summed E-state index contributed by atoms with van der Waals surface area (Å²) in [6, 6.07) is 11.3. The van der Waals surface area contributed by atoms with Gasteiger partial charge in [0, 0.05) is 14.5 Å². The van der Waals surface area contributed by atoms with Crippen molar-refractivity contribution in [3.63, 3.8) is 0 Å². The number of fused-ring (bicyclic) bond motifs is 1. The third-order valence-corrected chi connectivity index (χ3v) is 4.63. The Morgan fingerprint density at radius 1 is 1.05 bits per heavy atom. The van der Waals surface area contributed by atoms with Crippen LogP contribution in [-0.2, 0) is 0 Å². The molecule has 0 aliphatic carbocycles. The Labute approximate surface area is 132 Å². The lowest BCUT2D eigenvalue weighted by Crippen LogP contribution is -1.90. The number of halogens is 3. The van der Waals surface area contributed by atoms with Gasteiger partial charge in [-0.05, 0) is 52.3 Å². The molecule has 3 aromatic rings. The van der Waals surface area contributed by atoms with E-state index >= 15 is 0 Å². The molecule has 96 valence electrons. The average molecular weight is 374 g/mol. The van der Waals surface area contributed by atoms with Crippen molar-refractivity contribution in [2.24, 2.45) is 0 Å². The van der Waals surface area contributed by atoms with E-state index in [-0.39, 0.29) is 0 Å². The molecule has 1 aromatic heterocycles. The van der Waals surface area contributed by atoms with E-state index in [1.807, 2.05) is 36.4 Å². The summed E-state index contributed by atoms with van der Waals surface area (Å²) in [5.74, 6) is 0. The van der Waals surface area contributed by atoms with Gasteiger partial charge < -0.3 is 5.32 Å². The van der Waals surface area contributed by atoms with Crippen molar-refractivity contribution in [2.75, 3.05) is 5.32 Å². The van der Waals surface area contributed by atoms with Gasteiger partial charge in [0.05, 0.1) is 15.9 Å². The smallest absolute Gasteiger partial charge is 0.188 e. The van der Waals surface area contributed by atoms with E-state index in [1.54, 1.807) is 11.3 Å². The summed E-state index contributed by atoms with van der Waals surface area (Å²) in [5.41, 5.74) is 1.77. The molecule has 1 N–H and O–H groups in total. The third-order valence-electron chi connectivity index (χ3n) is 2.52. The van der Waals surface area contributed by atoms with E-state index in [1.165, 1.54) is 0 Å². The van der Waals surface area contributed by atoms with Crippen LogP contribution in [0.1, 0.15) is 0 Å². The summed E-state index contributed by atoms with van der Waals surface area (Å²) in [6.45, 7) is 0. The predicted molar refractivity (Wildman–Crippen MR) is 87.1 cm³/mol. The molecule has 0 atom stereocenters. The summed E-state index contributed by atoms with van der Waals surface area (Å²) in [5, 5.41) is 5.42. The number of nitrogens with zero attached hydrogens (tertiary/aromatic N) is 1. The number of thiazole rings is 1. The second-order valence-corrected chi connectivity index (χ2v) is 6.64. The van der Waals surface area contributed by atoms with E-state index in [4.69, 9.17) is 23.2 Å². The number of aromatic nitrogens is 1. The highest BCUT2D eigenvalue weighted by molar-refractivity contribution is 9.10. The molecule has 0 saturated carbocycles. The van der Waals surface area contributed by atoms with E-state index in [9.17, 15) is 0 Å². The fourth-order valence-corrected chi connectivity index (χ4v) is 3.21. The Morgan fingerprint density at radius 2 is 1.79 bits per heavy atom. The molecule has 0 aliphatic rings. The molecule has 2 aromatic carbocycles. The first-order valence-electron chi connectivity index (χ1n) is 5.40. The van der Waals surface area contributed by atoms with Gasteiger partial charge in [0.15, 0.2) is 5.13 Å². The minimum atomic E-state index is 0.676. The number of benzene rings is 2. The van der Waals surface area contributed by atoms with E-state index in [0.717, 1.165) is 25.5 Å². The zero-order valence-electron chi connectivity index (χ0n) is 9.45. The Hall–Kier alpha value is -0.810. The maximum atomic E-state index is 5.99. The predicted octanol–water partition coefficient (Wildman–Crippen LogP) is 6.11. The number of nitrogens with one attached hydrogen (secondary N) is 1. The van der Waals surface area contributed by atoms with Crippen LogP contribution in [0.5, 0.6) is 0 Å². The number of anilines is 2. The molecule has 19 heavy (non-hydrogen) atoms. The van der Waals surface area contributed by atoms with Gasteiger partial charge in [0.25, 0.3) is 0 Å². The van der Waals surface area contributed by atoms with Gasteiger partial charge in [-0.1, -0.05) is 34.5 Å². The van der Waals surface area contributed by atoms with Gasteiger partial charge in [-0.15, -0.1) is 0 Å². The maximum absolute atomic E-state index is 5.99. The third kappa shape index (κ3) is 2.87. The van der Waals surface area contributed by atoms with Gasteiger partial charge in [-0.3, -0.25) is 0 Å².